The Labute approximate surface area is 186 Å². The molecule has 1 saturated heterocycles. The molecule has 3 rings (SSSR count). The van der Waals surface area contributed by atoms with E-state index in [0.29, 0.717) is 35.2 Å². The van der Waals surface area contributed by atoms with Crippen LogP contribution in [0.15, 0.2) is 55.1 Å². The van der Waals surface area contributed by atoms with E-state index in [0.717, 1.165) is 5.56 Å². The molecule has 1 aliphatic heterocycles. The first-order valence-corrected chi connectivity index (χ1v) is 10.2. The van der Waals surface area contributed by atoms with Gasteiger partial charge in [0.1, 0.15) is 5.75 Å². The minimum Gasteiger partial charge on any atom is -0.484 e. The van der Waals surface area contributed by atoms with Crippen LogP contribution in [-0.2, 0) is 14.4 Å². The molecule has 0 bridgehead atoms. The van der Waals surface area contributed by atoms with Gasteiger partial charge in [-0.3, -0.25) is 14.4 Å². The molecule has 1 fully saturated rings. The van der Waals surface area contributed by atoms with Crippen LogP contribution in [0.5, 0.6) is 5.75 Å². The molecule has 0 spiro atoms. The Morgan fingerprint density at radius 1 is 1.26 bits per heavy atom. The molecule has 0 radical (unpaired) electrons. The molecule has 1 heterocycles. The van der Waals surface area contributed by atoms with E-state index in [1.54, 1.807) is 47.4 Å². The minimum atomic E-state index is -0.387. The highest BCUT2D eigenvalue weighted by atomic mass is 35.5. The maximum Gasteiger partial charge on any atom is 0.262 e. The quantitative estimate of drug-likeness (QED) is 0.615. The van der Waals surface area contributed by atoms with Gasteiger partial charge in [0, 0.05) is 35.9 Å². The van der Waals surface area contributed by atoms with Crippen LogP contribution in [0.4, 0.5) is 11.4 Å². The van der Waals surface area contributed by atoms with Gasteiger partial charge in [0.05, 0.1) is 5.92 Å². The van der Waals surface area contributed by atoms with Gasteiger partial charge in [-0.2, -0.15) is 0 Å². The standard InChI is InChI=1S/C23H24ClN3O4/c1-3-10-25-23(30)16-11-22(29)27(13-16)18-6-8-19(9-7-18)31-14-21(28)26-20-12-17(24)5-4-15(20)2/h3-9,12,16H,1,10-11,13-14H2,2H3,(H,25,30)(H,26,28). The molecule has 2 aromatic carbocycles. The van der Waals surface area contributed by atoms with Crippen LogP contribution in [0.25, 0.3) is 0 Å². The van der Waals surface area contributed by atoms with Crippen molar-refractivity contribution in [2.24, 2.45) is 5.92 Å². The highest BCUT2D eigenvalue weighted by Crippen LogP contribution is 2.27. The number of amides is 3. The van der Waals surface area contributed by atoms with E-state index in [4.69, 9.17) is 16.3 Å². The van der Waals surface area contributed by atoms with Crippen molar-refractivity contribution in [1.29, 1.82) is 0 Å². The lowest BCUT2D eigenvalue weighted by molar-refractivity contribution is -0.126. The smallest absolute Gasteiger partial charge is 0.262 e. The normalized spacial score (nSPS) is 15.5. The first-order chi connectivity index (χ1) is 14.9. The van der Waals surface area contributed by atoms with Gasteiger partial charge in [-0.05, 0) is 48.9 Å². The van der Waals surface area contributed by atoms with Gasteiger partial charge in [0.25, 0.3) is 5.91 Å². The largest absolute Gasteiger partial charge is 0.484 e. The zero-order chi connectivity index (χ0) is 22.4. The molecule has 0 aliphatic carbocycles. The summed E-state index contributed by atoms with van der Waals surface area (Å²) in [5.74, 6) is -0.464. The number of benzene rings is 2. The summed E-state index contributed by atoms with van der Waals surface area (Å²) in [6.45, 7) is 5.97. The van der Waals surface area contributed by atoms with Gasteiger partial charge >= 0.3 is 0 Å². The van der Waals surface area contributed by atoms with E-state index in [9.17, 15) is 14.4 Å². The van der Waals surface area contributed by atoms with Gasteiger partial charge in [0.15, 0.2) is 6.61 Å². The second kappa shape index (κ2) is 10.1. The molecule has 3 amide bonds. The van der Waals surface area contributed by atoms with Gasteiger partial charge < -0.3 is 20.3 Å². The number of rotatable bonds is 8. The topological polar surface area (TPSA) is 87.7 Å². The van der Waals surface area contributed by atoms with Crippen molar-refractivity contribution in [3.63, 3.8) is 0 Å². The maximum atomic E-state index is 12.3. The fraction of sp³-hybridized carbons (Fsp3) is 0.261. The molecule has 2 aromatic rings. The van der Waals surface area contributed by atoms with Crippen molar-refractivity contribution >= 4 is 40.7 Å². The van der Waals surface area contributed by atoms with Crippen molar-refractivity contribution in [2.45, 2.75) is 13.3 Å². The Hall–Kier alpha value is -3.32. The summed E-state index contributed by atoms with van der Waals surface area (Å²) >= 11 is 5.96. The van der Waals surface area contributed by atoms with Crippen molar-refractivity contribution in [2.75, 3.05) is 29.9 Å². The molecule has 8 heteroatoms. The van der Waals surface area contributed by atoms with Crippen LogP contribution in [0, 0.1) is 12.8 Å². The van der Waals surface area contributed by atoms with Crippen molar-refractivity contribution in [3.8, 4) is 5.75 Å². The van der Waals surface area contributed by atoms with E-state index >= 15 is 0 Å². The number of halogens is 1. The van der Waals surface area contributed by atoms with Gasteiger partial charge in [-0.1, -0.05) is 23.7 Å². The maximum absolute atomic E-state index is 12.3. The van der Waals surface area contributed by atoms with E-state index in [2.05, 4.69) is 17.2 Å². The van der Waals surface area contributed by atoms with E-state index in [1.807, 2.05) is 13.0 Å². The molecule has 162 valence electrons. The van der Waals surface area contributed by atoms with Crippen LogP contribution in [0.3, 0.4) is 0 Å². The lowest BCUT2D eigenvalue weighted by atomic mass is 10.1. The first kappa shape index (κ1) is 22.4. The minimum absolute atomic E-state index is 0.108. The SMILES string of the molecule is C=CCNC(=O)C1CC(=O)N(c2ccc(OCC(=O)Nc3cc(Cl)ccc3C)cc2)C1. The first-order valence-electron chi connectivity index (χ1n) is 9.85. The molecular weight excluding hydrogens is 418 g/mol. The molecule has 7 nitrogen and oxygen atoms in total. The summed E-state index contributed by atoms with van der Waals surface area (Å²) in [5.41, 5.74) is 2.21. The number of nitrogens with zero attached hydrogens (tertiary/aromatic N) is 1. The summed E-state index contributed by atoms with van der Waals surface area (Å²) in [7, 11) is 0. The number of aryl methyl sites for hydroxylation is 1. The third kappa shape index (κ3) is 5.86. The van der Waals surface area contributed by atoms with Crippen LogP contribution in [0.2, 0.25) is 5.02 Å². The highest BCUT2D eigenvalue weighted by molar-refractivity contribution is 6.31. The lowest BCUT2D eigenvalue weighted by Crippen LogP contribution is -2.32. The molecular formula is C23H24ClN3O4. The van der Waals surface area contributed by atoms with Gasteiger partial charge in [0.2, 0.25) is 11.8 Å². The summed E-state index contributed by atoms with van der Waals surface area (Å²) in [4.78, 5) is 38.2. The van der Waals surface area contributed by atoms with Crippen molar-refractivity contribution in [3.05, 3.63) is 65.7 Å². The molecule has 0 saturated carbocycles. The number of hydrogen-bond acceptors (Lipinski definition) is 4. The Morgan fingerprint density at radius 3 is 2.71 bits per heavy atom. The van der Waals surface area contributed by atoms with Crippen molar-refractivity contribution < 1.29 is 19.1 Å². The highest BCUT2D eigenvalue weighted by Gasteiger charge is 2.34. The fourth-order valence-corrected chi connectivity index (χ4v) is 3.41. The number of carbonyl (C=O) groups excluding carboxylic acids is 3. The van der Waals surface area contributed by atoms with E-state index in [-0.39, 0.29) is 36.7 Å². The zero-order valence-electron chi connectivity index (χ0n) is 17.2. The number of carbonyl (C=O) groups is 3. The fourth-order valence-electron chi connectivity index (χ4n) is 3.24. The van der Waals surface area contributed by atoms with Crippen LogP contribution in [-0.4, -0.2) is 37.4 Å². The number of ether oxygens (including phenoxy) is 1. The average molecular weight is 442 g/mol. The number of hydrogen-bond donors (Lipinski definition) is 2. The predicted octanol–water partition coefficient (Wildman–Crippen LogP) is 3.32. The second-order valence-electron chi connectivity index (χ2n) is 7.23. The Bertz CT molecular complexity index is 991. The predicted molar refractivity (Wildman–Crippen MR) is 120 cm³/mol. The molecule has 1 unspecified atom stereocenters. The Morgan fingerprint density at radius 2 is 2.00 bits per heavy atom. The Kier molecular flexibility index (Phi) is 7.31. The second-order valence-corrected chi connectivity index (χ2v) is 7.67. The van der Waals surface area contributed by atoms with E-state index < -0.39 is 0 Å². The molecule has 31 heavy (non-hydrogen) atoms. The Balaban J connectivity index is 1.53. The number of nitrogens with one attached hydrogen (secondary N) is 2. The molecule has 0 aromatic heterocycles. The summed E-state index contributed by atoms with van der Waals surface area (Å²) < 4.78 is 5.54. The molecule has 1 aliphatic rings. The van der Waals surface area contributed by atoms with Gasteiger partial charge in [-0.15, -0.1) is 6.58 Å². The zero-order valence-corrected chi connectivity index (χ0v) is 17.9. The number of anilines is 2. The lowest BCUT2D eigenvalue weighted by Gasteiger charge is -2.17. The summed E-state index contributed by atoms with van der Waals surface area (Å²) in [6.07, 6.45) is 1.77. The van der Waals surface area contributed by atoms with Crippen LogP contribution in [0.1, 0.15) is 12.0 Å². The summed E-state index contributed by atoms with van der Waals surface area (Å²) in [6, 6.07) is 12.1. The third-order valence-corrected chi connectivity index (χ3v) is 5.14. The average Bonchev–Trinajstić information content (AvgIpc) is 3.15. The monoisotopic (exact) mass is 441 g/mol. The van der Waals surface area contributed by atoms with Crippen LogP contribution >= 0.6 is 11.6 Å². The summed E-state index contributed by atoms with van der Waals surface area (Å²) in [5, 5.41) is 6.03. The van der Waals surface area contributed by atoms with Gasteiger partial charge in [-0.25, -0.2) is 0 Å². The van der Waals surface area contributed by atoms with Crippen LogP contribution < -0.4 is 20.3 Å². The molecule has 1 atom stereocenters. The van der Waals surface area contributed by atoms with E-state index in [1.165, 1.54) is 0 Å². The van der Waals surface area contributed by atoms with Crippen molar-refractivity contribution in [1.82, 2.24) is 5.32 Å². The third-order valence-electron chi connectivity index (χ3n) is 4.91. The molecule has 2 N–H and O–H groups in total.